The third-order valence-electron chi connectivity index (χ3n) is 4.77. The number of anilines is 1. The van der Waals surface area contributed by atoms with Crippen molar-refractivity contribution in [3.63, 3.8) is 0 Å². The number of rotatable bonds is 5. The molecule has 118 valence electrons. The van der Waals surface area contributed by atoms with Gasteiger partial charge in [0.25, 0.3) is 0 Å². The van der Waals surface area contributed by atoms with E-state index in [0.717, 1.165) is 29.8 Å². The highest BCUT2D eigenvalue weighted by molar-refractivity contribution is 5.60. The minimum Gasteiger partial charge on any atom is -0.507 e. The van der Waals surface area contributed by atoms with Crippen molar-refractivity contribution in [2.45, 2.75) is 60.1 Å². The molecule has 0 amide bonds. The number of hydrogen-bond acceptors (Lipinski definition) is 3. The Bertz CT molecular complexity index is 508. The van der Waals surface area contributed by atoms with Crippen molar-refractivity contribution in [2.75, 3.05) is 11.9 Å². The quantitative estimate of drug-likeness (QED) is 0.851. The van der Waals surface area contributed by atoms with Crippen LogP contribution in [0.3, 0.4) is 0 Å². The van der Waals surface area contributed by atoms with Gasteiger partial charge in [0.15, 0.2) is 0 Å². The largest absolute Gasteiger partial charge is 0.507 e. The average Bonchev–Trinajstić information content (AvgIpc) is 2.41. The van der Waals surface area contributed by atoms with Crippen molar-refractivity contribution < 1.29 is 9.84 Å². The molecule has 1 aliphatic carbocycles. The third kappa shape index (κ3) is 3.18. The van der Waals surface area contributed by atoms with E-state index in [1.165, 1.54) is 0 Å². The van der Waals surface area contributed by atoms with E-state index in [1.54, 1.807) is 0 Å². The first kappa shape index (κ1) is 16.2. The van der Waals surface area contributed by atoms with Gasteiger partial charge in [-0.3, -0.25) is 0 Å². The summed E-state index contributed by atoms with van der Waals surface area (Å²) in [6, 6.07) is 4.40. The molecular formula is C18H29NO2. The topological polar surface area (TPSA) is 41.5 Å². The van der Waals surface area contributed by atoms with Crippen molar-refractivity contribution in [2.24, 2.45) is 11.3 Å². The molecule has 0 saturated heterocycles. The molecule has 3 heteroatoms. The first-order valence-electron chi connectivity index (χ1n) is 7.90. The molecule has 0 aromatic heterocycles. The molecule has 2 rings (SSSR count). The maximum absolute atomic E-state index is 10.1. The van der Waals surface area contributed by atoms with Crippen molar-refractivity contribution in [3.8, 4) is 5.75 Å². The van der Waals surface area contributed by atoms with Crippen LogP contribution in [0.5, 0.6) is 5.75 Å². The van der Waals surface area contributed by atoms with Crippen LogP contribution in [-0.4, -0.2) is 23.9 Å². The molecule has 21 heavy (non-hydrogen) atoms. The SMILES string of the molecule is Cc1ccc(NC2CC(OCC(C)C)C2(C)C)c(C)c1O. The Morgan fingerprint density at radius 1 is 1.33 bits per heavy atom. The first-order valence-corrected chi connectivity index (χ1v) is 7.90. The van der Waals surface area contributed by atoms with Gasteiger partial charge >= 0.3 is 0 Å². The highest BCUT2D eigenvalue weighted by Gasteiger charge is 2.49. The second-order valence-electron chi connectivity index (χ2n) is 7.37. The van der Waals surface area contributed by atoms with E-state index in [0.29, 0.717) is 23.8 Å². The summed E-state index contributed by atoms with van der Waals surface area (Å²) in [6.45, 7) is 13.6. The van der Waals surface area contributed by atoms with Crippen LogP contribution in [0.25, 0.3) is 0 Å². The van der Waals surface area contributed by atoms with Crippen molar-refractivity contribution in [1.29, 1.82) is 0 Å². The Morgan fingerprint density at radius 3 is 2.57 bits per heavy atom. The molecule has 1 aliphatic rings. The lowest BCUT2D eigenvalue weighted by Gasteiger charge is -2.52. The standard InChI is InChI=1S/C18H29NO2/c1-11(2)10-21-16-9-15(18(16,5)6)19-14-8-7-12(3)17(20)13(14)4/h7-8,11,15-16,19-20H,9-10H2,1-6H3. The van der Waals surface area contributed by atoms with Gasteiger partial charge in [-0.2, -0.15) is 0 Å². The van der Waals surface area contributed by atoms with Crippen LogP contribution >= 0.6 is 0 Å². The molecule has 0 bridgehead atoms. The predicted molar refractivity (Wildman–Crippen MR) is 88.0 cm³/mol. The summed E-state index contributed by atoms with van der Waals surface area (Å²) in [5, 5.41) is 13.6. The fraction of sp³-hybridized carbons (Fsp3) is 0.667. The molecule has 2 unspecified atom stereocenters. The molecule has 2 atom stereocenters. The molecule has 0 aliphatic heterocycles. The van der Waals surface area contributed by atoms with Gasteiger partial charge in [-0.25, -0.2) is 0 Å². The summed E-state index contributed by atoms with van der Waals surface area (Å²) in [5.41, 5.74) is 2.99. The van der Waals surface area contributed by atoms with Crippen LogP contribution in [0, 0.1) is 25.2 Å². The van der Waals surface area contributed by atoms with E-state index in [2.05, 4.69) is 39.1 Å². The molecule has 0 spiro atoms. The second kappa shape index (κ2) is 5.88. The maximum Gasteiger partial charge on any atom is 0.123 e. The lowest BCUT2D eigenvalue weighted by atomic mass is 9.64. The Balaban J connectivity index is 2.01. The minimum absolute atomic E-state index is 0.113. The fourth-order valence-electron chi connectivity index (χ4n) is 2.90. The van der Waals surface area contributed by atoms with E-state index >= 15 is 0 Å². The van der Waals surface area contributed by atoms with Gasteiger partial charge in [0, 0.05) is 29.3 Å². The number of phenols is 1. The van der Waals surface area contributed by atoms with E-state index in [-0.39, 0.29) is 5.41 Å². The van der Waals surface area contributed by atoms with Crippen molar-refractivity contribution >= 4 is 5.69 Å². The van der Waals surface area contributed by atoms with E-state index in [1.807, 2.05) is 19.9 Å². The Morgan fingerprint density at radius 2 is 2.00 bits per heavy atom. The number of benzene rings is 1. The predicted octanol–water partition coefficient (Wildman–Crippen LogP) is 4.26. The minimum atomic E-state index is 0.113. The van der Waals surface area contributed by atoms with Gasteiger partial charge in [0.1, 0.15) is 5.75 Å². The molecule has 1 fully saturated rings. The normalized spacial score (nSPS) is 24.0. The maximum atomic E-state index is 10.1. The molecule has 1 aromatic rings. The van der Waals surface area contributed by atoms with Crippen LogP contribution in [0.1, 0.15) is 45.2 Å². The summed E-state index contributed by atoms with van der Waals surface area (Å²) in [5.74, 6) is 0.967. The van der Waals surface area contributed by atoms with E-state index < -0.39 is 0 Å². The van der Waals surface area contributed by atoms with E-state index in [4.69, 9.17) is 4.74 Å². The van der Waals surface area contributed by atoms with Crippen LogP contribution in [0.15, 0.2) is 12.1 Å². The van der Waals surface area contributed by atoms with E-state index in [9.17, 15) is 5.11 Å². The van der Waals surface area contributed by atoms with Gasteiger partial charge in [-0.1, -0.05) is 33.8 Å². The molecule has 2 N–H and O–H groups in total. The highest BCUT2D eigenvalue weighted by atomic mass is 16.5. The summed E-state index contributed by atoms with van der Waals surface area (Å²) in [7, 11) is 0. The highest BCUT2D eigenvalue weighted by Crippen LogP contribution is 2.45. The van der Waals surface area contributed by atoms with Gasteiger partial charge < -0.3 is 15.2 Å². The summed E-state index contributed by atoms with van der Waals surface area (Å²) in [4.78, 5) is 0. The second-order valence-corrected chi connectivity index (χ2v) is 7.37. The smallest absolute Gasteiger partial charge is 0.123 e. The first-order chi connectivity index (χ1) is 9.73. The molecule has 1 aromatic carbocycles. The Labute approximate surface area is 128 Å². The van der Waals surface area contributed by atoms with Gasteiger partial charge in [-0.15, -0.1) is 0 Å². The summed E-state index contributed by atoms with van der Waals surface area (Å²) < 4.78 is 6.01. The lowest BCUT2D eigenvalue weighted by molar-refractivity contribution is -0.108. The zero-order valence-corrected chi connectivity index (χ0v) is 14.2. The fourth-order valence-corrected chi connectivity index (χ4v) is 2.90. The van der Waals surface area contributed by atoms with Crippen LogP contribution in [-0.2, 0) is 4.74 Å². The number of phenolic OH excluding ortho intramolecular Hbond substituents is 1. The molecule has 0 radical (unpaired) electrons. The monoisotopic (exact) mass is 291 g/mol. The number of aryl methyl sites for hydroxylation is 1. The lowest BCUT2D eigenvalue weighted by Crippen LogP contribution is -2.58. The Kier molecular flexibility index (Phi) is 4.52. The summed E-state index contributed by atoms with van der Waals surface area (Å²) >= 11 is 0. The molecule has 1 saturated carbocycles. The number of hydrogen-bond donors (Lipinski definition) is 2. The third-order valence-corrected chi connectivity index (χ3v) is 4.77. The van der Waals surface area contributed by atoms with Crippen molar-refractivity contribution in [1.82, 2.24) is 0 Å². The number of nitrogens with one attached hydrogen (secondary N) is 1. The van der Waals surface area contributed by atoms with Crippen LogP contribution in [0.2, 0.25) is 0 Å². The van der Waals surface area contributed by atoms with Gasteiger partial charge in [0.05, 0.1) is 6.10 Å². The summed E-state index contributed by atoms with van der Waals surface area (Å²) in [6.07, 6.45) is 1.34. The Hall–Kier alpha value is -1.22. The van der Waals surface area contributed by atoms with Gasteiger partial charge in [0.2, 0.25) is 0 Å². The zero-order chi connectivity index (χ0) is 15.8. The molecular weight excluding hydrogens is 262 g/mol. The number of aromatic hydroxyl groups is 1. The van der Waals surface area contributed by atoms with Crippen LogP contribution < -0.4 is 5.32 Å². The van der Waals surface area contributed by atoms with Crippen molar-refractivity contribution in [3.05, 3.63) is 23.3 Å². The van der Waals surface area contributed by atoms with Gasteiger partial charge in [-0.05, 0) is 37.8 Å². The number of ether oxygens (including phenoxy) is 1. The molecule has 0 heterocycles. The average molecular weight is 291 g/mol. The zero-order valence-electron chi connectivity index (χ0n) is 14.2. The molecule has 3 nitrogen and oxygen atoms in total. The van der Waals surface area contributed by atoms with Crippen LogP contribution in [0.4, 0.5) is 5.69 Å².